The molecule has 1 aromatic carbocycles. The average molecular weight is 374 g/mol. The third-order valence-corrected chi connectivity index (χ3v) is 4.72. The summed E-state index contributed by atoms with van der Waals surface area (Å²) in [5.41, 5.74) is 1.09. The molecule has 130 valence electrons. The Balaban J connectivity index is 2.01. The van der Waals surface area contributed by atoms with E-state index >= 15 is 0 Å². The fourth-order valence-corrected chi connectivity index (χ4v) is 3.40. The summed E-state index contributed by atoms with van der Waals surface area (Å²) in [5, 5.41) is 11.1. The lowest BCUT2D eigenvalue weighted by Crippen LogP contribution is -2.09. The van der Waals surface area contributed by atoms with Crippen LogP contribution < -0.4 is 0 Å². The number of aromatic nitrogens is 1. The van der Waals surface area contributed by atoms with Gasteiger partial charge in [0, 0.05) is 24.0 Å². The lowest BCUT2D eigenvalue weighted by molar-refractivity contribution is 0.140. The van der Waals surface area contributed by atoms with E-state index in [-0.39, 0.29) is 5.92 Å². The number of halogens is 4. The molecule has 2 rings (SSSR count). The third-order valence-electron chi connectivity index (χ3n) is 4.12. The number of hydrogen-bond donors (Lipinski definition) is 1. The molecule has 2 unspecified atom stereocenters. The second-order valence-corrected chi connectivity index (χ2v) is 6.67. The highest BCUT2D eigenvalue weighted by atomic mass is 35.5. The molecule has 1 heterocycles. The number of aryl methyl sites for hydroxylation is 1. The zero-order chi connectivity index (χ0) is 17.7. The van der Waals surface area contributed by atoms with Crippen LogP contribution in [0.1, 0.15) is 43.4 Å². The van der Waals surface area contributed by atoms with E-state index in [4.69, 9.17) is 23.2 Å². The minimum atomic E-state index is -0.804. The molecule has 6 heteroatoms. The molecular weight excluding hydrogens is 355 g/mol. The number of rotatable bonds is 7. The fourth-order valence-electron chi connectivity index (χ4n) is 2.79. The third kappa shape index (κ3) is 5.13. The van der Waals surface area contributed by atoms with Gasteiger partial charge in [0.1, 0.15) is 11.6 Å². The topological polar surface area (TPSA) is 33.1 Å². The summed E-state index contributed by atoms with van der Waals surface area (Å²) in [6.45, 7) is 2.01. The molecule has 0 spiro atoms. The summed E-state index contributed by atoms with van der Waals surface area (Å²) in [5.74, 6) is -0.978. The molecular formula is C18H19Cl2F2NO. The van der Waals surface area contributed by atoms with E-state index in [1.807, 2.05) is 6.92 Å². The summed E-state index contributed by atoms with van der Waals surface area (Å²) >= 11 is 12.1. The molecule has 2 atom stereocenters. The Bertz CT molecular complexity index is 656. The zero-order valence-corrected chi connectivity index (χ0v) is 14.8. The summed E-state index contributed by atoms with van der Waals surface area (Å²) in [7, 11) is 0. The van der Waals surface area contributed by atoms with Crippen molar-refractivity contribution in [2.45, 2.75) is 38.7 Å². The summed E-state index contributed by atoms with van der Waals surface area (Å²) < 4.78 is 26.5. The number of nitrogens with zero attached hydrogens (tertiary/aromatic N) is 1. The lowest BCUT2D eigenvalue weighted by atomic mass is 9.90. The van der Waals surface area contributed by atoms with E-state index in [1.54, 1.807) is 0 Å². The van der Waals surface area contributed by atoms with Gasteiger partial charge in [-0.15, -0.1) is 0 Å². The minimum absolute atomic E-state index is 0.173. The summed E-state index contributed by atoms with van der Waals surface area (Å²) in [6, 6.07) is 3.53. The van der Waals surface area contributed by atoms with Gasteiger partial charge in [-0.2, -0.15) is 0 Å². The Morgan fingerprint density at radius 3 is 2.21 bits per heavy atom. The van der Waals surface area contributed by atoms with Crippen molar-refractivity contribution in [2.24, 2.45) is 5.92 Å². The SMILES string of the molecule is CCC(CCc1cc(F)cc(F)c1)CC(O)c1c(Cl)cncc1Cl. The van der Waals surface area contributed by atoms with E-state index in [1.165, 1.54) is 24.5 Å². The van der Waals surface area contributed by atoms with Crippen LogP contribution >= 0.6 is 23.2 Å². The predicted molar refractivity (Wildman–Crippen MR) is 92.3 cm³/mol. The minimum Gasteiger partial charge on any atom is -0.388 e. The summed E-state index contributed by atoms with van der Waals surface area (Å²) in [6.07, 6.45) is 4.63. The molecule has 0 aliphatic carbocycles. The van der Waals surface area contributed by atoms with Gasteiger partial charge in [0.2, 0.25) is 0 Å². The molecule has 0 fully saturated rings. The van der Waals surface area contributed by atoms with Crippen LogP contribution in [0.4, 0.5) is 8.78 Å². The molecule has 0 saturated heterocycles. The van der Waals surface area contributed by atoms with E-state index < -0.39 is 17.7 Å². The van der Waals surface area contributed by atoms with Crippen molar-refractivity contribution < 1.29 is 13.9 Å². The monoisotopic (exact) mass is 373 g/mol. The number of aliphatic hydroxyl groups excluding tert-OH is 1. The maximum atomic E-state index is 13.2. The van der Waals surface area contributed by atoms with Crippen molar-refractivity contribution in [3.8, 4) is 0 Å². The maximum absolute atomic E-state index is 13.2. The zero-order valence-electron chi connectivity index (χ0n) is 13.3. The molecule has 0 aliphatic rings. The van der Waals surface area contributed by atoms with Crippen LogP contribution in [-0.2, 0) is 6.42 Å². The lowest BCUT2D eigenvalue weighted by Gasteiger charge is -2.20. The Kier molecular flexibility index (Phi) is 6.96. The second-order valence-electron chi connectivity index (χ2n) is 5.86. The van der Waals surface area contributed by atoms with Crippen LogP contribution in [0.25, 0.3) is 0 Å². The van der Waals surface area contributed by atoms with E-state index in [2.05, 4.69) is 4.98 Å². The standard InChI is InChI=1S/C18H19Cl2F2NO/c1-2-11(3-4-12-5-13(21)8-14(22)6-12)7-17(24)18-15(19)9-23-10-16(18)20/h5-6,8-11,17,24H,2-4,7H2,1H3. The van der Waals surface area contributed by atoms with Crippen molar-refractivity contribution in [3.05, 3.63) is 63.4 Å². The first-order valence-electron chi connectivity index (χ1n) is 7.82. The molecule has 2 aromatic rings. The first-order valence-corrected chi connectivity index (χ1v) is 8.58. The Labute approximate surface area is 150 Å². The van der Waals surface area contributed by atoms with Crippen LogP contribution in [-0.4, -0.2) is 10.1 Å². The van der Waals surface area contributed by atoms with Gasteiger partial charge in [-0.05, 0) is 42.9 Å². The van der Waals surface area contributed by atoms with E-state index in [9.17, 15) is 13.9 Å². The van der Waals surface area contributed by atoms with Gasteiger partial charge in [-0.1, -0.05) is 36.5 Å². The molecule has 24 heavy (non-hydrogen) atoms. The molecule has 0 saturated carbocycles. The van der Waals surface area contributed by atoms with Crippen molar-refractivity contribution in [2.75, 3.05) is 0 Å². The normalized spacial score (nSPS) is 13.8. The van der Waals surface area contributed by atoms with Gasteiger partial charge < -0.3 is 5.11 Å². The van der Waals surface area contributed by atoms with Gasteiger partial charge in [-0.3, -0.25) is 4.98 Å². The van der Waals surface area contributed by atoms with E-state index in [0.717, 1.165) is 12.5 Å². The highest BCUT2D eigenvalue weighted by molar-refractivity contribution is 6.35. The molecule has 0 bridgehead atoms. The highest BCUT2D eigenvalue weighted by Crippen LogP contribution is 2.34. The number of aliphatic hydroxyl groups is 1. The van der Waals surface area contributed by atoms with Crippen LogP contribution in [0.2, 0.25) is 10.0 Å². The van der Waals surface area contributed by atoms with Gasteiger partial charge >= 0.3 is 0 Å². The fraction of sp³-hybridized carbons (Fsp3) is 0.389. The Morgan fingerprint density at radius 2 is 1.67 bits per heavy atom. The van der Waals surface area contributed by atoms with Crippen LogP contribution in [0, 0.1) is 17.6 Å². The van der Waals surface area contributed by atoms with Gasteiger partial charge in [0.05, 0.1) is 16.1 Å². The first-order chi connectivity index (χ1) is 11.4. The molecule has 2 nitrogen and oxygen atoms in total. The van der Waals surface area contributed by atoms with Crippen molar-refractivity contribution in [1.29, 1.82) is 0 Å². The van der Waals surface area contributed by atoms with Crippen LogP contribution in [0.5, 0.6) is 0 Å². The maximum Gasteiger partial charge on any atom is 0.126 e. The average Bonchev–Trinajstić information content (AvgIpc) is 2.50. The highest BCUT2D eigenvalue weighted by Gasteiger charge is 2.20. The molecule has 0 aliphatic heterocycles. The summed E-state index contributed by atoms with van der Waals surface area (Å²) in [4.78, 5) is 3.87. The van der Waals surface area contributed by atoms with Crippen molar-refractivity contribution >= 4 is 23.2 Å². The second kappa shape index (κ2) is 8.75. The van der Waals surface area contributed by atoms with Gasteiger partial charge in [-0.25, -0.2) is 8.78 Å². The van der Waals surface area contributed by atoms with Crippen LogP contribution in [0.3, 0.4) is 0 Å². The molecule has 0 amide bonds. The quantitative estimate of drug-likeness (QED) is 0.670. The van der Waals surface area contributed by atoms with Crippen LogP contribution in [0.15, 0.2) is 30.6 Å². The first kappa shape index (κ1) is 19.1. The Morgan fingerprint density at radius 1 is 1.08 bits per heavy atom. The molecule has 1 aromatic heterocycles. The Hall–Kier alpha value is -1.23. The number of pyridine rings is 1. The molecule has 1 N–H and O–H groups in total. The number of hydrogen-bond acceptors (Lipinski definition) is 2. The van der Waals surface area contributed by atoms with E-state index in [0.29, 0.717) is 40.4 Å². The predicted octanol–water partition coefficient (Wildman–Crippen LogP) is 5.75. The largest absolute Gasteiger partial charge is 0.388 e. The van der Waals surface area contributed by atoms with Crippen molar-refractivity contribution in [3.63, 3.8) is 0 Å². The van der Waals surface area contributed by atoms with Crippen molar-refractivity contribution in [1.82, 2.24) is 4.98 Å². The smallest absolute Gasteiger partial charge is 0.126 e. The number of benzene rings is 1. The van der Waals surface area contributed by atoms with Gasteiger partial charge in [0.15, 0.2) is 0 Å². The van der Waals surface area contributed by atoms with Gasteiger partial charge in [0.25, 0.3) is 0 Å². The molecule has 0 radical (unpaired) electrons.